The Morgan fingerprint density at radius 1 is 1.23 bits per heavy atom. The summed E-state index contributed by atoms with van der Waals surface area (Å²) in [6.45, 7) is -1.00. The van der Waals surface area contributed by atoms with Crippen molar-refractivity contribution in [1.82, 2.24) is 19.8 Å². The monoisotopic (exact) mass is 566 g/mol. The minimum absolute atomic E-state index is 0.0463. The van der Waals surface area contributed by atoms with Crippen molar-refractivity contribution in [1.29, 1.82) is 0 Å². The number of alkyl halides is 3. The number of carbonyl (C=O) groups excluding carboxylic acids is 2. The van der Waals surface area contributed by atoms with Crippen molar-refractivity contribution in [3.05, 3.63) is 46.3 Å². The molecule has 0 radical (unpaired) electrons. The van der Waals surface area contributed by atoms with E-state index in [-0.39, 0.29) is 23.4 Å². The molecule has 0 unspecified atom stereocenters. The van der Waals surface area contributed by atoms with Gasteiger partial charge in [0.05, 0.1) is 22.0 Å². The first kappa shape index (κ1) is 26.1. The molecule has 0 bridgehead atoms. The second kappa shape index (κ2) is 9.24. The molecule has 2 N–H and O–H groups in total. The number of hydrogen-bond donors (Lipinski definition) is 2. The highest BCUT2D eigenvalue weighted by atomic mass is 32.2. The van der Waals surface area contributed by atoms with Gasteiger partial charge >= 0.3 is 6.18 Å². The number of nitrogens with zero attached hydrogens (tertiary/aromatic N) is 2. The maximum absolute atomic E-state index is 13.5. The standard InChI is InChI=1S/C26H29F3N4O5S/c27-26(28,29)14-38-17-6-7-19-16(12-17)8-10-25(19)13-20-21(23(34)30-25)22(33(31-20)11-9-15-4-5-15)24(35)32-39(36,37)18-2-1-3-18/h6-7,12,15,18H,1-5,8-11,13-14H2,(H,30,34)(H,32,35)/t25-/m0/s1. The Morgan fingerprint density at radius 2 is 2.00 bits per heavy atom. The Balaban J connectivity index is 1.30. The highest BCUT2D eigenvalue weighted by molar-refractivity contribution is 7.90. The number of nitrogens with one attached hydrogen (secondary N) is 2. The fourth-order valence-corrected chi connectivity index (χ4v) is 7.30. The maximum Gasteiger partial charge on any atom is 0.422 e. The van der Waals surface area contributed by atoms with Crippen molar-refractivity contribution in [2.24, 2.45) is 5.92 Å². The molecule has 9 nitrogen and oxygen atoms in total. The lowest BCUT2D eigenvalue weighted by molar-refractivity contribution is -0.153. The number of hydrogen-bond acceptors (Lipinski definition) is 6. The number of carbonyl (C=O) groups is 2. The van der Waals surface area contributed by atoms with E-state index in [9.17, 15) is 31.2 Å². The molecule has 13 heteroatoms. The van der Waals surface area contributed by atoms with Crippen molar-refractivity contribution in [3.8, 4) is 5.75 Å². The topological polar surface area (TPSA) is 119 Å². The third-order valence-electron chi connectivity index (χ3n) is 8.28. The van der Waals surface area contributed by atoms with Crippen LogP contribution in [0.1, 0.15) is 82.6 Å². The summed E-state index contributed by atoms with van der Waals surface area (Å²) in [5.74, 6) is -0.750. The molecule has 0 saturated heterocycles. The molecule has 2 amide bonds. The lowest BCUT2D eigenvalue weighted by atomic mass is 9.82. The molecule has 2 heterocycles. The minimum atomic E-state index is -4.45. The van der Waals surface area contributed by atoms with E-state index in [2.05, 4.69) is 15.1 Å². The Morgan fingerprint density at radius 3 is 2.67 bits per heavy atom. The van der Waals surface area contributed by atoms with E-state index < -0.39 is 45.4 Å². The molecular formula is C26H29F3N4O5S. The Hall–Kier alpha value is -3.09. The Kier molecular flexibility index (Phi) is 6.20. The van der Waals surface area contributed by atoms with Gasteiger partial charge in [-0.25, -0.2) is 13.1 Å². The average molecular weight is 567 g/mol. The zero-order chi connectivity index (χ0) is 27.6. The number of amides is 2. The number of aromatic nitrogens is 2. The summed E-state index contributed by atoms with van der Waals surface area (Å²) >= 11 is 0. The van der Waals surface area contributed by atoms with Gasteiger partial charge in [0, 0.05) is 13.0 Å². The molecular weight excluding hydrogens is 537 g/mol. The van der Waals surface area contributed by atoms with Crippen LogP contribution in [0.25, 0.3) is 0 Å². The van der Waals surface area contributed by atoms with Crippen LogP contribution >= 0.6 is 0 Å². The van der Waals surface area contributed by atoms with Crippen molar-refractivity contribution >= 4 is 21.8 Å². The maximum atomic E-state index is 13.5. The molecule has 1 spiro atoms. The van der Waals surface area contributed by atoms with Gasteiger partial charge < -0.3 is 10.1 Å². The van der Waals surface area contributed by atoms with E-state index in [4.69, 9.17) is 4.74 Å². The number of sulfonamides is 1. The fourth-order valence-electron chi connectivity index (χ4n) is 5.82. The third kappa shape index (κ3) is 5.01. The van der Waals surface area contributed by atoms with Crippen LogP contribution < -0.4 is 14.8 Å². The SMILES string of the molecule is O=C1N[C@@]2(CCc3cc(OCC(F)(F)F)ccc32)Cc2nn(CCC3CC3)c(C(=O)NS(=O)(=O)C3CCC3)c21. The van der Waals surface area contributed by atoms with Crippen LogP contribution in [0.3, 0.4) is 0 Å². The van der Waals surface area contributed by atoms with Crippen molar-refractivity contribution in [2.75, 3.05) is 6.61 Å². The molecule has 2 aromatic rings. The summed E-state index contributed by atoms with van der Waals surface area (Å²) in [5.41, 5.74) is 1.16. The number of halogens is 3. The summed E-state index contributed by atoms with van der Waals surface area (Å²) in [5, 5.41) is 7.06. The van der Waals surface area contributed by atoms with Crippen molar-refractivity contribution in [2.45, 2.75) is 81.3 Å². The van der Waals surface area contributed by atoms with Gasteiger partial charge in [-0.3, -0.25) is 14.3 Å². The number of rotatable bonds is 8. The van der Waals surface area contributed by atoms with Crippen LogP contribution in [0, 0.1) is 5.92 Å². The highest BCUT2D eigenvalue weighted by Crippen LogP contribution is 2.44. The summed E-state index contributed by atoms with van der Waals surface area (Å²) in [6.07, 6.45) is 1.57. The average Bonchev–Trinajstić information content (AvgIpc) is 3.48. The molecule has 2 fully saturated rings. The molecule has 1 atom stereocenters. The number of fused-ring (bicyclic) bond motifs is 3. The zero-order valence-electron chi connectivity index (χ0n) is 21.1. The van der Waals surface area contributed by atoms with Crippen LogP contribution in [-0.2, 0) is 34.9 Å². The van der Waals surface area contributed by atoms with E-state index in [1.54, 1.807) is 12.1 Å². The van der Waals surface area contributed by atoms with E-state index in [0.29, 0.717) is 43.8 Å². The molecule has 3 aliphatic carbocycles. The van der Waals surface area contributed by atoms with Gasteiger partial charge in [-0.15, -0.1) is 0 Å². The van der Waals surface area contributed by atoms with E-state index >= 15 is 0 Å². The number of benzene rings is 1. The fraction of sp³-hybridized carbons (Fsp3) is 0.577. The van der Waals surface area contributed by atoms with Gasteiger partial charge in [-0.05, 0) is 61.3 Å². The Labute approximate surface area is 223 Å². The van der Waals surface area contributed by atoms with E-state index in [1.807, 2.05) is 0 Å². The molecule has 1 aliphatic heterocycles. The Bertz CT molecular complexity index is 1450. The van der Waals surface area contributed by atoms with Crippen molar-refractivity contribution < 1.29 is 35.9 Å². The number of ether oxygens (including phenoxy) is 1. The predicted molar refractivity (Wildman–Crippen MR) is 133 cm³/mol. The largest absolute Gasteiger partial charge is 0.484 e. The molecule has 1 aromatic heterocycles. The summed E-state index contributed by atoms with van der Waals surface area (Å²) in [6, 6.07) is 4.69. The first-order chi connectivity index (χ1) is 18.4. The molecule has 210 valence electrons. The lowest BCUT2D eigenvalue weighted by Gasteiger charge is -2.35. The summed E-state index contributed by atoms with van der Waals surface area (Å²) in [4.78, 5) is 26.9. The van der Waals surface area contributed by atoms with Gasteiger partial charge in [-0.2, -0.15) is 18.3 Å². The van der Waals surface area contributed by atoms with Crippen LogP contribution in [0.5, 0.6) is 5.75 Å². The second-order valence-corrected chi connectivity index (χ2v) is 13.1. The van der Waals surface area contributed by atoms with Gasteiger partial charge in [-0.1, -0.05) is 25.3 Å². The zero-order valence-corrected chi connectivity index (χ0v) is 22.0. The van der Waals surface area contributed by atoms with Crippen LogP contribution in [0.2, 0.25) is 0 Å². The van der Waals surface area contributed by atoms with Gasteiger partial charge in [0.15, 0.2) is 6.61 Å². The van der Waals surface area contributed by atoms with Crippen molar-refractivity contribution in [3.63, 3.8) is 0 Å². The minimum Gasteiger partial charge on any atom is -0.484 e. The van der Waals surface area contributed by atoms with Gasteiger partial charge in [0.1, 0.15) is 11.4 Å². The third-order valence-corrected chi connectivity index (χ3v) is 10.1. The smallest absolute Gasteiger partial charge is 0.422 e. The molecule has 6 rings (SSSR count). The van der Waals surface area contributed by atoms with Crippen LogP contribution in [0.15, 0.2) is 18.2 Å². The predicted octanol–water partition coefficient (Wildman–Crippen LogP) is 3.36. The lowest BCUT2D eigenvalue weighted by Crippen LogP contribution is -2.50. The molecule has 4 aliphatic rings. The summed E-state index contributed by atoms with van der Waals surface area (Å²) < 4.78 is 71.7. The second-order valence-electron chi connectivity index (χ2n) is 11.1. The highest BCUT2D eigenvalue weighted by Gasteiger charge is 2.47. The summed E-state index contributed by atoms with van der Waals surface area (Å²) in [7, 11) is -3.86. The first-order valence-electron chi connectivity index (χ1n) is 13.3. The quantitative estimate of drug-likeness (QED) is 0.506. The first-order valence-corrected chi connectivity index (χ1v) is 14.8. The van der Waals surface area contributed by atoms with E-state index in [1.165, 1.54) is 10.7 Å². The van der Waals surface area contributed by atoms with Crippen LogP contribution in [-0.4, -0.2) is 48.0 Å². The van der Waals surface area contributed by atoms with Crippen LogP contribution in [0.4, 0.5) is 13.2 Å². The van der Waals surface area contributed by atoms with Gasteiger partial charge in [0.2, 0.25) is 10.0 Å². The van der Waals surface area contributed by atoms with E-state index in [0.717, 1.165) is 36.8 Å². The molecule has 39 heavy (non-hydrogen) atoms. The number of aryl methyl sites for hydroxylation is 2. The van der Waals surface area contributed by atoms with Gasteiger partial charge in [0.25, 0.3) is 11.8 Å². The molecule has 1 aromatic carbocycles. The normalized spacial score (nSPS) is 22.7. The molecule has 2 saturated carbocycles.